The van der Waals surface area contributed by atoms with Crippen molar-refractivity contribution in [2.24, 2.45) is 0 Å². The summed E-state index contributed by atoms with van der Waals surface area (Å²) in [7, 11) is 0.900. The summed E-state index contributed by atoms with van der Waals surface area (Å²) in [6.07, 6.45) is 2.11. The van der Waals surface area contributed by atoms with Gasteiger partial charge in [-0.3, -0.25) is 0 Å². The van der Waals surface area contributed by atoms with Gasteiger partial charge in [-0.25, -0.2) is 0 Å². The lowest BCUT2D eigenvalue weighted by Crippen LogP contribution is -2.49. The molecule has 2 atom stereocenters. The molecule has 2 unspecified atom stereocenters. The molecule has 3 aromatic carbocycles. The molecule has 7 heteroatoms. The molecule has 0 aliphatic carbocycles. The minimum Gasteiger partial charge on any atom is -0.427 e. The Bertz CT molecular complexity index is 1320. The van der Waals surface area contributed by atoms with E-state index in [1.54, 1.807) is 27.7 Å². The second-order valence-electron chi connectivity index (χ2n) is 16.0. The summed E-state index contributed by atoms with van der Waals surface area (Å²) in [5, 5.41) is 21.0. The first-order valence-corrected chi connectivity index (χ1v) is 16.5. The lowest BCUT2D eigenvalue weighted by molar-refractivity contribution is -0.0893. The molecule has 1 aliphatic heterocycles. The minimum atomic E-state index is -0.937. The van der Waals surface area contributed by atoms with Gasteiger partial charge in [0.1, 0.15) is 0 Å². The summed E-state index contributed by atoms with van der Waals surface area (Å²) < 4.78 is 12.3. The van der Waals surface area contributed by atoms with Crippen molar-refractivity contribution in [2.75, 3.05) is 4.90 Å². The van der Waals surface area contributed by atoms with Crippen LogP contribution in [0.15, 0.2) is 72.8 Å². The molecule has 0 amide bonds. The quantitative estimate of drug-likeness (QED) is 0.255. The van der Waals surface area contributed by atoms with Crippen molar-refractivity contribution < 1.29 is 19.5 Å². The third-order valence-electron chi connectivity index (χ3n) is 10.3. The number of rotatable bonds is 11. The minimum absolute atomic E-state index is 0.0950. The standard InChI is InChI=1S/C38H55B2NO4/c1-34(2,3)28-16-22-31(23-17-28)41-32(26-12-18-29(19-13-26)39-44-37(8,9)35(4,5)42)24-25-33(41)27-14-20-30(21-15-27)40-45-38(10,11)36(6,7)43/h12-23,32-33,39-40,42-43H,24-25H2,1-11H3. The van der Waals surface area contributed by atoms with Gasteiger partial charge in [-0.15, -0.1) is 0 Å². The smallest absolute Gasteiger partial charge is 0.309 e. The summed E-state index contributed by atoms with van der Waals surface area (Å²) in [5.41, 5.74) is 4.24. The van der Waals surface area contributed by atoms with Gasteiger partial charge in [-0.1, -0.05) is 92.4 Å². The van der Waals surface area contributed by atoms with E-state index in [0.717, 1.165) is 23.8 Å². The van der Waals surface area contributed by atoms with Crippen molar-refractivity contribution in [1.82, 2.24) is 0 Å². The van der Waals surface area contributed by atoms with Crippen LogP contribution in [-0.4, -0.2) is 47.6 Å². The fourth-order valence-corrected chi connectivity index (χ4v) is 5.51. The molecule has 0 saturated carbocycles. The van der Waals surface area contributed by atoms with Crippen LogP contribution >= 0.6 is 0 Å². The highest BCUT2D eigenvalue weighted by atomic mass is 16.5. The van der Waals surface area contributed by atoms with Gasteiger partial charge in [-0.05, 0) is 102 Å². The zero-order valence-electron chi connectivity index (χ0n) is 29.6. The van der Waals surface area contributed by atoms with Gasteiger partial charge in [0, 0.05) is 5.69 Å². The Morgan fingerprint density at radius 3 is 1.22 bits per heavy atom. The summed E-state index contributed by atoms with van der Waals surface area (Å²) in [5.74, 6) is 0. The van der Waals surface area contributed by atoms with Crippen LogP contribution in [0.25, 0.3) is 0 Å². The van der Waals surface area contributed by atoms with Gasteiger partial charge < -0.3 is 24.4 Å². The van der Waals surface area contributed by atoms with Crippen molar-refractivity contribution in [1.29, 1.82) is 0 Å². The first-order chi connectivity index (χ1) is 20.7. The average molecular weight is 611 g/mol. The van der Waals surface area contributed by atoms with Gasteiger partial charge in [0.2, 0.25) is 0 Å². The predicted octanol–water partition coefficient (Wildman–Crippen LogP) is 6.15. The van der Waals surface area contributed by atoms with E-state index in [-0.39, 0.29) is 17.5 Å². The molecule has 2 N–H and O–H groups in total. The second-order valence-corrected chi connectivity index (χ2v) is 16.0. The highest BCUT2D eigenvalue weighted by molar-refractivity contribution is 6.47. The molecule has 5 nitrogen and oxygen atoms in total. The largest absolute Gasteiger partial charge is 0.427 e. The Hall–Kier alpha value is -2.57. The summed E-state index contributed by atoms with van der Waals surface area (Å²) in [4.78, 5) is 2.60. The fraction of sp³-hybridized carbons (Fsp3) is 0.526. The topological polar surface area (TPSA) is 62.2 Å². The molecular formula is C38H55B2NO4. The number of hydrogen-bond acceptors (Lipinski definition) is 5. The first-order valence-electron chi connectivity index (χ1n) is 16.5. The molecule has 45 heavy (non-hydrogen) atoms. The predicted molar refractivity (Wildman–Crippen MR) is 192 cm³/mol. The van der Waals surface area contributed by atoms with Gasteiger partial charge in [0.25, 0.3) is 0 Å². The lowest BCUT2D eigenvalue weighted by atomic mass is 9.82. The van der Waals surface area contributed by atoms with Crippen molar-refractivity contribution in [3.63, 3.8) is 0 Å². The van der Waals surface area contributed by atoms with Crippen LogP contribution in [0.3, 0.4) is 0 Å². The van der Waals surface area contributed by atoms with Crippen LogP contribution in [0.4, 0.5) is 5.69 Å². The summed E-state index contributed by atoms with van der Waals surface area (Å²) >= 11 is 0. The first kappa shape index (κ1) is 35.3. The maximum Gasteiger partial charge on any atom is 0.309 e. The maximum atomic E-state index is 10.5. The van der Waals surface area contributed by atoms with Gasteiger partial charge in [-0.2, -0.15) is 0 Å². The van der Waals surface area contributed by atoms with Gasteiger partial charge >= 0.3 is 15.0 Å². The van der Waals surface area contributed by atoms with Gasteiger partial charge in [0.15, 0.2) is 0 Å². The second kappa shape index (κ2) is 12.9. The molecule has 1 fully saturated rings. The molecule has 3 aromatic rings. The Morgan fingerprint density at radius 2 is 0.911 bits per heavy atom. The van der Waals surface area contributed by atoms with Crippen LogP contribution in [0.5, 0.6) is 0 Å². The lowest BCUT2D eigenvalue weighted by Gasteiger charge is -2.37. The van der Waals surface area contributed by atoms with E-state index in [1.807, 2.05) is 27.7 Å². The molecule has 0 bridgehead atoms. The SMILES string of the molecule is CC(C)(C)c1ccc(N2C(c3ccc(BOC(C)(C)C(C)(C)O)cc3)CCC2c2ccc(BOC(C)(C)C(C)(C)O)cc2)cc1. The normalized spacial score (nSPS) is 18.3. The molecule has 1 saturated heterocycles. The van der Waals surface area contributed by atoms with E-state index in [9.17, 15) is 10.2 Å². The number of hydrogen-bond donors (Lipinski definition) is 2. The van der Waals surface area contributed by atoms with Gasteiger partial charge in [0.05, 0.1) is 34.5 Å². The maximum absolute atomic E-state index is 10.5. The van der Waals surface area contributed by atoms with Crippen molar-refractivity contribution in [3.8, 4) is 0 Å². The highest BCUT2D eigenvalue weighted by Crippen LogP contribution is 2.47. The zero-order chi connectivity index (χ0) is 33.4. The number of anilines is 1. The molecule has 4 rings (SSSR count). The van der Waals surface area contributed by atoms with Crippen LogP contribution in [-0.2, 0) is 14.7 Å². The van der Waals surface area contributed by atoms with Crippen molar-refractivity contribution >= 4 is 31.6 Å². The number of aliphatic hydroxyl groups is 2. The van der Waals surface area contributed by atoms with Crippen molar-refractivity contribution in [2.45, 2.75) is 129 Å². The third-order valence-corrected chi connectivity index (χ3v) is 10.3. The van der Waals surface area contributed by atoms with E-state index in [0.29, 0.717) is 15.0 Å². The molecule has 0 radical (unpaired) electrons. The van der Waals surface area contributed by atoms with Crippen LogP contribution < -0.4 is 15.8 Å². The van der Waals surface area contributed by atoms with E-state index in [4.69, 9.17) is 9.31 Å². The van der Waals surface area contributed by atoms with Crippen LogP contribution in [0.1, 0.15) is 118 Å². The van der Waals surface area contributed by atoms with E-state index in [1.165, 1.54) is 22.4 Å². The van der Waals surface area contributed by atoms with Crippen molar-refractivity contribution in [3.05, 3.63) is 89.5 Å². The fourth-order valence-electron chi connectivity index (χ4n) is 5.51. The summed E-state index contributed by atoms with van der Waals surface area (Å²) in [6.45, 7) is 21.6. The Kier molecular flexibility index (Phi) is 10.1. The summed E-state index contributed by atoms with van der Waals surface area (Å²) in [6, 6.07) is 27.2. The molecule has 1 heterocycles. The van der Waals surface area contributed by atoms with E-state index < -0.39 is 22.4 Å². The third kappa shape index (κ3) is 8.24. The molecule has 0 spiro atoms. The average Bonchev–Trinajstić information content (AvgIpc) is 3.39. The molecule has 1 aliphatic rings. The highest BCUT2D eigenvalue weighted by Gasteiger charge is 2.38. The molecular weight excluding hydrogens is 556 g/mol. The Balaban J connectivity index is 1.58. The van der Waals surface area contributed by atoms with E-state index >= 15 is 0 Å². The Morgan fingerprint density at radius 1 is 0.556 bits per heavy atom. The zero-order valence-corrected chi connectivity index (χ0v) is 29.6. The monoisotopic (exact) mass is 611 g/mol. The van der Waals surface area contributed by atoms with E-state index in [2.05, 4.69) is 98.5 Å². The van der Waals surface area contributed by atoms with Crippen LogP contribution in [0, 0.1) is 0 Å². The van der Waals surface area contributed by atoms with Crippen LogP contribution in [0.2, 0.25) is 0 Å². The number of benzene rings is 3. The molecule has 0 aromatic heterocycles. The molecule has 242 valence electrons. The Labute approximate surface area is 273 Å². The number of nitrogens with zero attached hydrogens (tertiary/aromatic N) is 1.